The quantitative estimate of drug-likeness (QED) is 0.569. The molecule has 7 heteroatoms. The molecule has 0 spiro atoms. The number of benzene rings is 1. The predicted molar refractivity (Wildman–Crippen MR) is 109 cm³/mol. The van der Waals surface area contributed by atoms with Gasteiger partial charge in [-0.15, -0.1) is 0 Å². The molecule has 0 aliphatic heterocycles. The van der Waals surface area contributed by atoms with Crippen molar-refractivity contribution in [1.82, 2.24) is 9.55 Å². The number of methoxy groups -OCH3 is 2. The second kappa shape index (κ2) is 7.72. The highest BCUT2D eigenvalue weighted by Crippen LogP contribution is 2.28. The number of pyridine rings is 1. The number of carbonyl (C=O) groups excluding carboxylic acids is 1. The number of aromatic nitrogens is 2. The zero-order valence-corrected chi connectivity index (χ0v) is 17.3. The summed E-state index contributed by atoms with van der Waals surface area (Å²) in [6.07, 6.45) is 1.80. The lowest BCUT2D eigenvalue weighted by Gasteiger charge is -2.19. The lowest BCUT2D eigenvalue weighted by Crippen LogP contribution is -2.26. The van der Waals surface area contributed by atoms with Crippen molar-refractivity contribution >= 4 is 28.7 Å². The number of hydrogen-bond donors (Lipinski definition) is 0. The van der Waals surface area contributed by atoms with Crippen LogP contribution in [0, 0.1) is 0 Å². The summed E-state index contributed by atoms with van der Waals surface area (Å²) in [6.45, 7) is 5.46. The van der Waals surface area contributed by atoms with Crippen LogP contribution in [0.3, 0.4) is 0 Å². The number of carbonyl (C=O) groups is 1. The van der Waals surface area contributed by atoms with Crippen LogP contribution in [0.4, 0.5) is 4.79 Å². The van der Waals surface area contributed by atoms with Crippen LogP contribution in [0.1, 0.15) is 31.9 Å². The van der Waals surface area contributed by atoms with Crippen LogP contribution < -0.4 is 9.47 Å². The summed E-state index contributed by atoms with van der Waals surface area (Å²) in [5.41, 5.74) is 1.74. The van der Waals surface area contributed by atoms with Gasteiger partial charge in [0.1, 0.15) is 22.3 Å². The number of halogens is 1. The first-order valence-electron chi connectivity index (χ1n) is 8.82. The molecule has 2 aromatic heterocycles. The van der Waals surface area contributed by atoms with Crippen LogP contribution in [-0.4, -0.2) is 35.5 Å². The molecule has 0 N–H and O–H groups in total. The van der Waals surface area contributed by atoms with Gasteiger partial charge in [0, 0.05) is 17.6 Å². The molecule has 6 nitrogen and oxygen atoms in total. The third-order valence-electron chi connectivity index (χ3n) is 4.10. The van der Waals surface area contributed by atoms with E-state index in [0.717, 1.165) is 16.5 Å². The maximum absolute atomic E-state index is 12.7. The zero-order valence-electron chi connectivity index (χ0n) is 16.6. The Morgan fingerprint density at radius 3 is 2.32 bits per heavy atom. The molecule has 0 saturated heterocycles. The Morgan fingerprint density at radius 2 is 1.75 bits per heavy atom. The molecule has 3 aromatic rings. The Labute approximate surface area is 169 Å². The van der Waals surface area contributed by atoms with E-state index in [0.29, 0.717) is 28.7 Å². The molecule has 0 radical (unpaired) electrons. The van der Waals surface area contributed by atoms with E-state index < -0.39 is 11.7 Å². The van der Waals surface area contributed by atoms with Crippen LogP contribution in [0.15, 0.2) is 36.5 Å². The van der Waals surface area contributed by atoms with E-state index in [4.69, 9.17) is 25.8 Å². The molecule has 0 aliphatic rings. The number of fused-ring (bicyclic) bond motifs is 1. The summed E-state index contributed by atoms with van der Waals surface area (Å²) in [5, 5.41) is 1.14. The summed E-state index contributed by atoms with van der Waals surface area (Å²) in [5.74, 6) is 1.40. The number of rotatable bonds is 4. The molecule has 0 bridgehead atoms. The first-order chi connectivity index (χ1) is 13.2. The molecule has 0 amide bonds. The Hall–Kier alpha value is -2.73. The van der Waals surface area contributed by atoms with Crippen LogP contribution >= 0.6 is 11.6 Å². The van der Waals surface area contributed by atoms with Gasteiger partial charge in [-0.25, -0.2) is 14.3 Å². The van der Waals surface area contributed by atoms with E-state index in [-0.39, 0.29) is 0 Å². The Balaban J connectivity index is 2.06. The smallest absolute Gasteiger partial charge is 0.420 e. The van der Waals surface area contributed by atoms with E-state index in [1.807, 2.05) is 45.0 Å². The molecule has 0 saturated carbocycles. The molecule has 148 valence electrons. The summed E-state index contributed by atoms with van der Waals surface area (Å²) in [7, 11) is 3.22. The second-order valence-corrected chi connectivity index (χ2v) is 7.79. The van der Waals surface area contributed by atoms with Crippen molar-refractivity contribution in [3.8, 4) is 11.5 Å². The van der Waals surface area contributed by atoms with Crippen LogP contribution in [0.25, 0.3) is 11.0 Å². The van der Waals surface area contributed by atoms with Gasteiger partial charge in [-0.2, -0.15) is 0 Å². The predicted octanol–water partition coefficient (Wildman–Crippen LogP) is 5.08. The van der Waals surface area contributed by atoms with Crippen LogP contribution in [-0.2, 0) is 11.2 Å². The maximum atomic E-state index is 12.7. The molecule has 0 fully saturated rings. The van der Waals surface area contributed by atoms with Gasteiger partial charge in [0.15, 0.2) is 5.65 Å². The van der Waals surface area contributed by atoms with E-state index >= 15 is 0 Å². The normalized spacial score (nSPS) is 11.5. The molecular formula is C21H23ClN2O4. The van der Waals surface area contributed by atoms with Gasteiger partial charge in [-0.1, -0.05) is 11.6 Å². The van der Waals surface area contributed by atoms with Gasteiger partial charge in [-0.3, -0.25) is 0 Å². The van der Waals surface area contributed by atoms with E-state index in [1.54, 1.807) is 26.5 Å². The van der Waals surface area contributed by atoms with E-state index in [9.17, 15) is 4.79 Å². The van der Waals surface area contributed by atoms with Gasteiger partial charge < -0.3 is 14.2 Å². The first kappa shape index (κ1) is 20.0. The number of hydrogen-bond acceptors (Lipinski definition) is 5. The maximum Gasteiger partial charge on any atom is 0.420 e. The molecular weight excluding hydrogens is 380 g/mol. The fraction of sp³-hybridized carbons (Fsp3) is 0.333. The van der Waals surface area contributed by atoms with Crippen molar-refractivity contribution in [3.05, 3.63) is 52.8 Å². The number of nitrogens with zero attached hydrogens (tertiary/aromatic N) is 2. The average Bonchev–Trinajstić information content (AvgIpc) is 2.97. The first-order valence-corrected chi connectivity index (χ1v) is 9.20. The largest absolute Gasteiger partial charge is 0.497 e. The highest BCUT2D eigenvalue weighted by molar-refractivity contribution is 6.29. The molecule has 28 heavy (non-hydrogen) atoms. The minimum atomic E-state index is -0.618. The fourth-order valence-electron chi connectivity index (χ4n) is 2.93. The van der Waals surface area contributed by atoms with E-state index in [1.165, 1.54) is 4.57 Å². The van der Waals surface area contributed by atoms with Gasteiger partial charge >= 0.3 is 6.09 Å². The third-order valence-corrected chi connectivity index (χ3v) is 4.31. The molecule has 1 aromatic carbocycles. The van der Waals surface area contributed by atoms with Gasteiger partial charge in [0.05, 0.1) is 14.2 Å². The van der Waals surface area contributed by atoms with Crippen molar-refractivity contribution in [2.45, 2.75) is 32.8 Å². The molecule has 0 atom stereocenters. The van der Waals surface area contributed by atoms with Crippen LogP contribution in [0.2, 0.25) is 5.15 Å². The topological polar surface area (TPSA) is 62.6 Å². The minimum Gasteiger partial charge on any atom is -0.497 e. The highest BCUT2D eigenvalue weighted by atomic mass is 35.5. The van der Waals surface area contributed by atoms with E-state index in [2.05, 4.69) is 4.98 Å². The highest BCUT2D eigenvalue weighted by Gasteiger charge is 2.22. The van der Waals surface area contributed by atoms with Gasteiger partial charge in [0.2, 0.25) is 0 Å². The van der Waals surface area contributed by atoms with Crippen molar-refractivity contribution in [2.24, 2.45) is 0 Å². The van der Waals surface area contributed by atoms with Crippen molar-refractivity contribution in [2.75, 3.05) is 14.2 Å². The molecule has 2 heterocycles. The monoisotopic (exact) mass is 402 g/mol. The Kier molecular flexibility index (Phi) is 5.52. The van der Waals surface area contributed by atoms with Gasteiger partial charge in [-0.05, 0) is 62.6 Å². The van der Waals surface area contributed by atoms with Crippen molar-refractivity contribution in [1.29, 1.82) is 0 Å². The molecule has 3 rings (SSSR count). The van der Waals surface area contributed by atoms with Crippen molar-refractivity contribution in [3.63, 3.8) is 0 Å². The standard InChI is InChI=1S/C21H23ClN2O4/c1-21(2,3)28-20(25)24-12-14(17-6-7-18(22)23-19(17)24)8-13-9-15(26-4)11-16(10-13)27-5/h6-7,9-12H,8H2,1-5H3. The Morgan fingerprint density at radius 1 is 1.11 bits per heavy atom. The zero-order chi connectivity index (χ0) is 20.5. The Bertz CT molecular complexity index is 999. The third kappa shape index (κ3) is 4.39. The van der Waals surface area contributed by atoms with Crippen molar-refractivity contribution < 1.29 is 19.0 Å². The van der Waals surface area contributed by atoms with Crippen LogP contribution in [0.5, 0.6) is 11.5 Å². The van der Waals surface area contributed by atoms with Gasteiger partial charge in [0.25, 0.3) is 0 Å². The average molecular weight is 403 g/mol. The lowest BCUT2D eigenvalue weighted by atomic mass is 10.0. The fourth-order valence-corrected chi connectivity index (χ4v) is 3.07. The molecule has 0 aliphatic carbocycles. The summed E-state index contributed by atoms with van der Waals surface area (Å²) in [6, 6.07) is 9.25. The SMILES string of the molecule is COc1cc(Cc2cn(C(=O)OC(C)(C)C)c3nc(Cl)ccc23)cc(OC)c1. The summed E-state index contributed by atoms with van der Waals surface area (Å²) >= 11 is 6.07. The summed E-state index contributed by atoms with van der Waals surface area (Å²) < 4.78 is 17.6. The minimum absolute atomic E-state index is 0.310. The molecule has 0 unspecified atom stereocenters. The lowest BCUT2D eigenvalue weighted by molar-refractivity contribution is 0.0543. The number of ether oxygens (including phenoxy) is 3. The second-order valence-electron chi connectivity index (χ2n) is 7.41. The summed E-state index contributed by atoms with van der Waals surface area (Å²) in [4.78, 5) is 17.0.